The molecular weight excluding hydrogens is 321 g/mol. The molecule has 0 saturated carbocycles. The predicted molar refractivity (Wildman–Crippen MR) is 95.6 cm³/mol. The van der Waals surface area contributed by atoms with Gasteiger partial charge in [-0.1, -0.05) is 74.0 Å². The van der Waals surface area contributed by atoms with Crippen molar-refractivity contribution >= 4 is 7.60 Å². The Hall–Kier alpha value is -1.45. The van der Waals surface area contributed by atoms with Crippen LogP contribution in [0.5, 0.6) is 0 Å². The quantitative estimate of drug-likeness (QED) is 0.807. The summed E-state index contributed by atoms with van der Waals surface area (Å²) < 4.78 is 18.1. The molecule has 0 aromatic heterocycles. The molecule has 0 spiro atoms. The molecule has 1 aliphatic rings. The summed E-state index contributed by atoms with van der Waals surface area (Å²) >= 11 is 0. The third-order valence-corrected chi connectivity index (χ3v) is 6.34. The van der Waals surface area contributed by atoms with E-state index in [1.54, 1.807) is 0 Å². The Labute approximate surface area is 143 Å². The summed E-state index contributed by atoms with van der Waals surface area (Å²) in [6.07, 6.45) is 1.48. The van der Waals surface area contributed by atoms with Crippen molar-refractivity contribution in [3.8, 4) is 0 Å². The van der Waals surface area contributed by atoms with Crippen LogP contribution in [0.25, 0.3) is 0 Å². The van der Waals surface area contributed by atoms with Gasteiger partial charge in [0.2, 0.25) is 0 Å². The van der Waals surface area contributed by atoms with Crippen LogP contribution in [0.2, 0.25) is 0 Å². The molecule has 2 aromatic carbocycles. The van der Waals surface area contributed by atoms with Gasteiger partial charge in [-0.25, -0.2) is 0 Å². The van der Waals surface area contributed by atoms with Gasteiger partial charge in [-0.2, -0.15) is 0 Å². The highest BCUT2D eigenvalue weighted by molar-refractivity contribution is 7.53. The fraction of sp³-hybridized carbons (Fsp3) is 0.368. The van der Waals surface area contributed by atoms with Crippen LogP contribution >= 0.6 is 7.60 Å². The maximum Gasteiger partial charge on any atom is 0.345 e. The Balaban J connectivity index is 1.96. The summed E-state index contributed by atoms with van der Waals surface area (Å²) in [5.74, 6) is -0.471. The number of hydrogen-bond acceptors (Lipinski definition) is 3. The average molecular weight is 345 g/mol. The minimum absolute atomic E-state index is 0.0165. The van der Waals surface area contributed by atoms with Crippen LogP contribution in [0, 0.1) is 0 Å². The maximum atomic E-state index is 12.6. The summed E-state index contributed by atoms with van der Waals surface area (Å²) in [5.41, 5.74) is 2.26. The van der Waals surface area contributed by atoms with Gasteiger partial charge in [0, 0.05) is 6.54 Å². The van der Waals surface area contributed by atoms with Crippen LogP contribution in [0.15, 0.2) is 60.7 Å². The second-order valence-corrected chi connectivity index (χ2v) is 8.20. The first kappa shape index (κ1) is 17.4. The Morgan fingerprint density at radius 3 is 2.38 bits per heavy atom. The summed E-state index contributed by atoms with van der Waals surface area (Å²) in [6, 6.07) is 20.2. The molecule has 4 nitrogen and oxygen atoms in total. The van der Waals surface area contributed by atoms with Crippen LogP contribution in [0.4, 0.5) is 0 Å². The monoisotopic (exact) mass is 345 g/mol. The molecule has 1 aliphatic heterocycles. The van der Waals surface area contributed by atoms with E-state index in [1.807, 2.05) is 43.3 Å². The zero-order valence-corrected chi connectivity index (χ0v) is 14.8. The molecule has 0 amide bonds. The van der Waals surface area contributed by atoms with Gasteiger partial charge < -0.3 is 9.42 Å². The van der Waals surface area contributed by atoms with Gasteiger partial charge in [0.1, 0.15) is 5.78 Å². The lowest BCUT2D eigenvalue weighted by atomic mass is 10.0. The largest absolute Gasteiger partial charge is 0.345 e. The van der Waals surface area contributed by atoms with Crippen LogP contribution in [0.1, 0.15) is 36.9 Å². The first-order valence-electron chi connectivity index (χ1n) is 8.43. The van der Waals surface area contributed by atoms with Crippen LogP contribution in [-0.4, -0.2) is 22.2 Å². The highest BCUT2D eigenvalue weighted by atomic mass is 31.2. The number of nitrogens with zero attached hydrogens (tertiary/aromatic N) is 1. The maximum absolute atomic E-state index is 12.6. The van der Waals surface area contributed by atoms with E-state index in [2.05, 4.69) is 29.2 Å². The number of rotatable bonds is 5. The van der Waals surface area contributed by atoms with E-state index < -0.39 is 13.4 Å². The van der Waals surface area contributed by atoms with Crippen LogP contribution in [0.3, 0.4) is 0 Å². The van der Waals surface area contributed by atoms with Crippen molar-refractivity contribution in [1.82, 2.24) is 4.90 Å². The molecule has 1 unspecified atom stereocenters. The Morgan fingerprint density at radius 1 is 1.12 bits per heavy atom. The second-order valence-electron chi connectivity index (χ2n) is 6.21. The van der Waals surface area contributed by atoms with Gasteiger partial charge in [0.15, 0.2) is 0 Å². The van der Waals surface area contributed by atoms with E-state index >= 15 is 0 Å². The number of benzene rings is 2. The van der Waals surface area contributed by atoms with E-state index in [1.165, 1.54) is 0 Å². The molecule has 2 aromatic rings. The standard InChI is InChI=1S/C19H24NO3P/c1-2-9-19-20(14-16-10-5-3-6-11-16)18(15-23-24(19,21)22)17-12-7-4-8-13-17/h3-8,10-13,18-19H,2,9,14-15H2,1H3,(H,21,22)/t18-,19-/m0/s1. The minimum atomic E-state index is -3.64. The van der Waals surface area contributed by atoms with Gasteiger partial charge in [-0.15, -0.1) is 0 Å². The van der Waals surface area contributed by atoms with Crippen LogP contribution < -0.4 is 0 Å². The van der Waals surface area contributed by atoms with E-state index in [-0.39, 0.29) is 12.6 Å². The molecule has 24 heavy (non-hydrogen) atoms. The van der Waals surface area contributed by atoms with Crippen LogP contribution in [-0.2, 0) is 15.6 Å². The fourth-order valence-electron chi connectivity index (χ4n) is 3.31. The molecule has 0 aliphatic carbocycles. The van der Waals surface area contributed by atoms with Gasteiger partial charge in [-0.05, 0) is 17.5 Å². The molecular formula is C19H24NO3P. The molecule has 128 valence electrons. The predicted octanol–water partition coefficient (Wildman–Crippen LogP) is 4.57. The SMILES string of the molecule is CCC[C@H]1N(Cc2ccccc2)[C@H](c2ccccc2)COP1(=O)O. The van der Waals surface area contributed by atoms with Gasteiger partial charge in [-0.3, -0.25) is 9.46 Å². The summed E-state index contributed by atoms with van der Waals surface area (Å²) in [6.45, 7) is 2.91. The van der Waals surface area contributed by atoms with E-state index in [0.717, 1.165) is 17.5 Å². The normalized spacial score (nSPS) is 27.9. The molecule has 5 heteroatoms. The minimum Gasteiger partial charge on any atom is -0.323 e. The molecule has 3 rings (SSSR count). The number of hydrogen-bond donors (Lipinski definition) is 1. The molecule has 1 saturated heterocycles. The summed E-state index contributed by atoms with van der Waals surface area (Å²) in [4.78, 5) is 12.5. The first-order chi connectivity index (χ1) is 11.6. The second kappa shape index (κ2) is 7.62. The molecule has 3 atom stereocenters. The van der Waals surface area contributed by atoms with E-state index in [0.29, 0.717) is 13.0 Å². The average Bonchev–Trinajstić information content (AvgIpc) is 2.60. The van der Waals surface area contributed by atoms with E-state index in [9.17, 15) is 9.46 Å². The van der Waals surface area contributed by atoms with Crippen molar-refractivity contribution in [2.75, 3.05) is 6.61 Å². The smallest absolute Gasteiger partial charge is 0.323 e. The Kier molecular flexibility index (Phi) is 5.52. The molecule has 1 fully saturated rings. The lowest BCUT2D eigenvalue weighted by Crippen LogP contribution is -2.43. The van der Waals surface area contributed by atoms with Crippen molar-refractivity contribution in [1.29, 1.82) is 0 Å². The van der Waals surface area contributed by atoms with Crippen molar-refractivity contribution in [2.45, 2.75) is 38.1 Å². The van der Waals surface area contributed by atoms with Gasteiger partial charge >= 0.3 is 7.60 Å². The lowest BCUT2D eigenvalue weighted by Gasteiger charge is -2.44. The highest BCUT2D eigenvalue weighted by Gasteiger charge is 2.45. The molecule has 1 heterocycles. The fourth-order valence-corrected chi connectivity index (χ4v) is 5.04. The first-order valence-corrected chi connectivity index (χ1v) is 10.1. The molecule has 0 bridgehead atoms. The van der Waals surface area contributed by atoms with E-state index in [4.69, 9.17) is 4.52 Å². The van der Waals surface area contributed by atoms with Crippen molar-refractivity contribution < 1.29 is 14.0 Å². The van der Waals surface area contributed by atoms with Crippen molar-refractivity contribution in [3.63, 3.8) is 0 Å². The molecule has 1 N–H and O–H groups in total. The van der Waals surface area contributed by atoms with Gasteiger partial charge in [0.05, 0.1) is 12.6 Å². The zero-order chi connectivity index (χ0) is 17.0. The van der Waals surface area contributed by atoms with Crippen molar-refractivity contribution in [3.05, 3.63) is 71.8 Å². The topological polar surface area (TPSA) is 49.8 Å². The lowest BCUT2D eigenvalue weighted by molar-refractivity contribution is 0.0499. The third-order valence-electron chi connectivity index (χ3n) is 4.52. The third kappa shape index (κ3) is 3.79. The summed E-state index contributed by atoms with van der Waals surface area (Å²) in [7, 11) is -3.64. The van der Waals surface area contributed by atoms with Crippen molar-refractivity contribution in [2.24, 2.45) is 0 Å². The Bertz CT molecular complexity index is 692. The van der Waals surface area contributed by atoms with Gasteiger partial charge in [0.25, 0.3) is 0 Å². The Morgan fingerprint density at radius 2 is 1.75 bits per heavy atom. The summed E-state index contributed by atoms with van der Waals surface area (Å²) in [5, 5.41) is 0. The highest BCUT2D eigenvalue weighted by Crippen LogP contribution is 2.56. The zero-order valence-electron chi connectivity index (χ0n) is 13.9. The molecule has 0 radical (unpaired) electrons.